The molecule has 0 radical (unpaired) electrons. The number of hydrogen-bond donors (Lipinski definition) is 1. The van der Waals surface area contributed by atoms with Crippen molar-refractivity contribution in [1.29, 1.82) is 0 Å². The lowest BCUT2D eigenvalue weighted by Gasteiger charge is -2.35. The third-order valence-corrected chi connectivity index (χ3v) is 5.57. The number of rotatable bonds is 3. The first-order valence-corrected chi connectivity index (χ1v) is 10.5. The van der Waals surface area contributed by atoms with Crippen LogP contribution in [-0.4, -0.2) is 47.9 Å². The van der Waals surface area contributed by atoms with Crippen molar-refractivity contribution in [3.05, 3.63) is 89.8 Å². The maximum Gasteiger partial charge on any atom is 0.291 e. The molecule has 0 aliphatic carbocycles. The monoisotopic (exact) mass is 426 g/mol. The smallest absolute Gasteiger partial charge is 0.291 e. The lowest BCUT2D eigenvalue weighted by molar-refractivity contribution is -0.115. The second-order valence-corrected chi connectivity index (χ2v) is 7.65. The van der Waals surface area contributed by atoms with E-state index in [0.29, 0.717) is 30.1 Å². The Bertz CT molecular complexity index is 1170. The van der Waals surface area contributed by atoms with Crippen LogP contribution >= 0.6 is 0 Å². The van der Waals surface area contributed by atoms with E-state index in [1.165, 1.54) is 0 Å². The number of aromatic nitrogens is 1. The Morgan fingerprint density at radius 1 is 0.938 bits per heavy atom. The van der Waals surface area contributed by atoms with E-state index in [9.17, 15) is 9.59 Å². The number of amides is 2. The van der Waals surface area contributed by atoms with Crippen molar-refractivity contribution in [2.75, 3.05) is 36.4 Å². The minimum atomic E-state index is -0.297. The van der Waals surface area contributed by atoms with E-state index < -0.39 is 0 Å². The van der Waals surface area contributed by atoms with E-state index in [-0.39, 0.29) is 17.6 Å². The average molecular weight is 426 g/mol. The Morgan fingerprint density at radius 3 is 2.44 bits per heavy atom. The molecule has 1 saturated heterocycles. The molecule has 0 spiro atoms. The molecule has 2 aliphatic heterocycles. The number of nitrogens with one attached hydrogen (secondary N) is 1. The molecule has 2 aliphatic rings. The van der Waals surface area contributed by atoms with E-state index in [1.807, 2.05) is 47.4 Å². The SMILES string of the molecule is O=C1Nc2ccccc2OC1=Cc1ccc(C(=O)N2CCN(c3ccccn3)CC2)cc1. The zero-order valence-corrected chi connectivity index (χ0v) is 17.4. The van der Waals surface area contributed by atoms with Crippen LogP contribution in [0.2, 0.25) is 0 Å². The van der Waals surface area contributed by atoms with Crippen LogP contribution < -0.4 is 15.0 Å². The molecule has 1 aromatic heterocycles. The van der Waals surface area contributed by atoms with Crippen molar-refractivity contribution in [2.45, 2.75) is 0 Å². The molecule has 160 valence electrons. The van der Waals surface area contributed by atoms with Crippen LogP contribution in [-0.2, 0) is 4.79 Å². The molecule has 2 aromatic carbocycles. The zero-order valence-electron chi connectivity index (χ0n) is 17.4. The fourth-order valence-corrected chi connectivity index (χ4v) is 3.84. The first-order valence-electron chi connectivity index (χ1n) is 10.5. The number of hydrogen-bond acceptors (Lipinski definition) is 5. The summed E-state index contributed by atoms with van der Waals surface area (Å²) in [6, 6.07) is 20.4. The van der Waals surface area contributed by atoms with E-state index in [2.05, 4.69) is 15.2 Å². The molecule has 5 rings (SSSR count). The summed E-state index contributed by atoms with van der Waals surface area (Å²) in [6.07, 6.45) is 3.45. The molecule has 1 N–H and O–H groups in total. The zero-order chi connectivity index (χ0) is 21.9. The van der Waals surface area contributed by atoms with Crippen LogP contribution in [0.5, 0.6) is 5.75 Å². The largest absolute Gasteiger partial charge is 0.449 e. The molecule has 3 heterocycles. The molecule has 0 atom stereocenters. The second-order valence-electron chi connectivity index (χ2n) is 7.65. The van der Waals surface area contributed by atoms with Crippen molar-refractivity contribution in [1.82, 2.24) is 9.88 Å². The molecule has 3 aromatic rings. The summed E-state index contributed by atoms with van der Waals surface area (Å²) in [4.78, 5) is 33.7. The lowest BCUT2D eigenvalue weighted by atomic mass is 10.1. The van der Waals surface area contributed by atoms with Gasteiger partial charge in [-0.25, -0.2) is 4.98 Å². The summed E-state index contributed by atoms with van der Waals surface area (Å²) in [6.45, 7) is 2.80. The molecule has 0 saturated carbocycles. The standard InChI is InChI=1S/C25H22N4O3/c30-24-22(32-21-6-2-1-5-20(21)27-24)17-18-8-10-19(11-9-18)25(31)29-15-13-28(14-16-29)23-7-3-4-12-26-23/h1-12,17H,13-16H2,(H,27,30). The van der Waals surface area contributed by atoms with Crippen LogP contribution in [0.4, 0.5) is 11.5 Å². The molecular formula is C25H22N4O3. The van der Waals surface area contributed by atoms with Crippen molar-refractivity contribution >= 4 is 29.4 Å². The summed E-state index contributed by atoms with van der Waals surface area (Å²) in [5.74, 6) is 1.47. The summed E-state index contributed by atoms with van der Waals surface area (Å²) in [7, 11) is 0. The first kappa shape index (κ1) is 19.8. The molecule has 0 unspecified atom stereocenters. The second kappa shape index (κ2) is 8.55. The van der Waals surface area contributed by atoms with Crippen molar-refractivity contribution < 1.29 is 14.3 Å². The number of benzene rings is 2. The van der Waals surface area contributed by atoms with E-state index in [0.717, 1.165) is 24.5 Å². The van der Waals surface area contributed by atoms with Gasteiger partial charge in [0.2, 0.25) is 0 Å². The number of para-hydroxylation sites is 2. The summed E-state index contributed by atoms with van der Waals surface area (Å²) < 4.78 is 5.73. The van der Waals surface area contributed by atoms with Gasteiger partial charge in [0.25, 0.3) is 11.8 Å². The summed E-state index contributed by atoms with van der Waals surface area (Å²) in [5, 5.41) is 2.82. The van der Waals surface area contributed by atoms with Crippen molar-refractivity contribution in [3.63, 3.8) is 0 Å². The normalized spacial score (nSPS) is 16.9. The lowest BCUT2D eigenvalue weighted by Crippen LogP contribution is -2.49. The van der Waals surface area contributed by atoms with E-state index >= 15 is 0 Å². The topological polar surface area (TPSA) is 74.8 Å². The number of anilines is 2. The van der Waals surface area contributed by atoms with Gasteiger partial charge in [-0.15, -0.1) is 0 Å². The summed E-state index contributed by atoms with van der Waals surface area (Å²) >= 11 is 0. The van der Waals surface area contributed by atoms with Gasteiger partial charge >= 0.3 is 0 Å². The number of pyridine rings is 1. The minimum Gasteiger partial charge on any atom is -0.449 e. The van der Waals surface area contributed by atoms with E-state index in [4.69, 9.17) is 4.74 Å². The minimum absolute atomic E-state index is 0.00506. The highest BCUT2D eigenvalue weighted by Crippen LogP contribution is 2.30. The van der Waals surface area contributed by atoms with Crippen LogP contribution in [0.1, 0.15) is 15.9 Å². The maximum absolute atomic E-state index is 12.9. The Morgan fingerprint density at radius 2 is 1.69 bits per heavy atom. The first-order chi connectivity index (χ1) is 15.7. The predicted octanol–water partition coefficient (Wildman–Crippen LogP) is 3.42. The molecular weight excluding hydrogens is 404 g/mol. The van der Waals surface area contributed by atoms with E-state index in [1.54, 1.807) is 36.5 Å². The quantitative estimate of drug-likeness (QED) is 0.650. The molecule has 7 nitrogen and oxygen atoms in total. The predicted molar refractivity (Wildman–Crippen MR) is 122 cm³/mol. The van der Waals surface area contributed by atoms with Gasteiger partial charge in [-0.2, -0.15) is 0 Å². The molecule has 7 heteroatoms. The number of nitrogens with zero attached hydrogens (tertiary/aromatic N) is 3. The van der Waals surface area contributed by atoms with Gasteiger partial charge in [0, 0.05) is 37.9 Å². The van der Waals surface area contributed by atoms with Crippen molar-refractivity contribution in [3.8, 4) is 5.75 Å². The maximum atomic E-state index is 12.9. The number of ether oxygens (including phenoxy) is 1. The summed E-state index contributed by atoms with van der Waals surface area (Å²) in [5.41, 5.74) is 2.06. The highest BCUT2D eigenvalue weighted by molar-refractivity contribution is 6.08. The molecule has 2 amide bonds. The molecule has 0 bridgehead atoms. The molecule has 32 heavy (non-hydrogen) atoms. The fourth-order valence-electron chi connectivity index (χ4n) is 3.84. The highest BCUT2D eigenvalue weighted by Gasteiger charge is 2.23. The number of carbonyl (C=O) groups is 2. The van der Waals surface area contributed by atoms with Gasteiger partial charge < -0.3 is 19.9 Å². The number of fused-ring (bicyclic) bond motifs is 1. The Hall–Kier alpha value is -4.13. The van der Waals surface area contributed by atoms with Gasteiger partial charge in [0.05, 0.1) is 5.69 Å². The van der Waals surface area contributed by atoms with Crippen LogP contribution in [0.15, 0.2) is 78.7 Å². The van der Waals surface area contributed by atoms with Gasteiger partial charge in [-0.1, -0.05) is 30.3 Å². The van der Waals surface area contributed by atoms with Gasteiger partial charge in [-0.05, 0) is 48.0 Å². The average Bonchev–Trinajstić information content (AvgIpc) is 2.85. The Kier molecular flexibility index (Phi) is 5.29. The van der Waals surface area contributed by atoms with Gasteiger partial charge in [0.1, 0.15) is 5.82 Å². The Labute approximate surface area is 185 Å². The van der Waals surface area contributed by atoms with Gasteiger partial charge in [0.15, 0.2) is 11.5 Å². The van der Waals surface area contributed by atoms with Crippen LogP contribution in [0.25, 0.3) is 6.08 Å². The third-order valence-electron chi connectivity index (χ3n) is 5.57. The molecule has 1 fully saturated rings. The fraction of sp³-hybridized carbons (Fsp3) is 0.160. The number of carbonyl (C=O) groups excluding carboxylic acids is 2. The van der Waals surface area contributed by atoms with Crippen LogP contribution in [0, 0.1) is 0 Å². The number of piperazine rings is 1. The van der Waals surface area contributed by atoms with Crippen molar-refractivity contribution in [2.24, 2.45) is 0 Å². The van der Waals surface area contributed by atoms with Crippen LogP contribution in [0.3, 0.4) is 0 Å². The highest BCUT2D eigenvalue weighted by atomic mass is 16.5. The third kappa shape index (κ3) is 4.05. The Balaban J connectivity index is 1.24. The van der Waals surface area contributed by atoms with Gasteiger partial charge in [-0.3, -0.25) is 9.59 Å².